The molecule has 0 radical (unpaired) electrons. The molecule has 2 fully saturated rings. The number of allylic oxidation sites excluding steroid dienone is 2. The van der Waals surface area contributed by atoms with Gasteiger partial charge in [-0.15, -0.1) is 0 Å². The normalized spacial score (nSPS) is 26.6. The molecule has 0 aromatic heterocycles. The van der Waals surface area contributed by atoms with Crippen LogP contribution < -0.4 is 0 Å². The molecule has 0 saturated carbocycles. The molecule has 3 rings (SSSR count). The highest BCUT2D eigenvalue weighted by Crippen LogP contribution is 2.25. The minimum atomic E-state index is 0.151. The lowest BCUT2D eigenvalue weighted by Crippen LogP contribution is -2.44. The first kappa shape index (κ1) is 14.6. The van der Waals surface area contributed by atoms with Crippen molar-refractivity contribution in [2.24, 2.45) is 11.8 Å². The fourth-order valence-corrected chi connectivity index (χ4v) is 3.79. The van der Waals surface area contributed by atoms with E-state index in [4.69, 9.17) is 0 Å². The minimum Gasteiger partial charge on any atom is -0.343 e. The van der Waals surface area contributed by atoms with Gasteiger partial charge in [-0.1, -0.05) is 12.2 Å². The largest absolute Gasteiger partial charge is 0.343 e. The lowest BCUT2D eigenvalue weighted by Gasteiger charge is -2.33. The number of amides is 2. The average Bonchev–Trinajstić information content (AvgIpc) is 3.20. The van der Waals surface area contributed by atoms with Crippen LogP contribution in [0.4, 0.5) is 0 Å². The fourth-order valence-electron chi connectivity index (χ4n) is 3.79. The Kier molecular flexibility index (Phi) is 4.61. The summed E-state index contributed by atoms with van der Waals surface area (Å²) in [5.41, 5.74) is 0. The van der Waals surface area contributed by atoms with E-state index in [0.29, 0.717) is 18.2 Å². The molecule has 3 aliphatic rings. The van der Waals surface area contributed by atoms with Crippen LogP contribution in [0.15, 0.2) is 12.2 Å². The zero-order chi connectivity index (χ0) is 14.7. The molecule has 0 aromatic carbocycles. The number of nitrogens with zero attached hydrogens (tertiary/aromatic N) is 2. The van der Waals surface area contributed by atoms with Crippen LogP contribution in [0.5, 0.6) is 0 Å². The van der Waals surface area contributed by atoms with Crippen LogP contribution in [0.1, 0.15) is 44.9 Å². The Balaban J connectivity index is 1.44. The van der Waals surface area contributed by atoms with Crippen LogP contribution in [0.3, 0.4) is 0 Å². The summed E-state index contributed by atoms with van der Waals surface area (Å²) < 4.78 is 0. The highest BCUT2D eigenvalue weighted by atomic mass is 16.2. The predicted molar refractivity (Wildman–Crippen MR) is 81.6 cm³/mol. The highest BCUT2D eigenvalue weighted by molar-refractivity contribution is 5.80. The third-order valence-electron chi connectivity index (χ3n) is 5.16. The quantitative estimate of drug-likeness (QED) is 0.748. The van der Waals surface area contributed by atoms with Gasteiger partial charge >= 0.3 is 0 Å². The van der Waals surface area contributed by atoms with Crippen LogP contribution in [0.25, 0.3) is 0 Å². The fraction of sp³-hybridized carbons (Fsp3) is 0.765. The van der Waals surface area contributed by atoms with E-state index in [-0.39, 0.29) is 11.8 Å². The molecule has 0 aromatic rings. The molecule has 1 aliphatic carbocycles. The highest BCUT2D eigenvalue weighted by Gasteiger charge is 2.31. The van der Waals surface area contributed by atoms with E-state index >= 15 is 0 Å². The van der Waals surface area contributed by atoms with Crippen molar-refractivity contribution in [1.82, 2.24) is 9.80 Å². The van der Waals surface area contributed by atoms with E-state index in [1.165, 1.54) is 0 Å². The number of piperidine rings is 1. The zero-order valence-electron chi connectivity index (χ0n) is 12.8. The molecular weight excluding hydrogens is 264 g/mol. The second kappa shape index (κ2) is 6.63. The van der Waals surface area contributed by atoms with E-state index < -0.39 is 0 Å². The first-order chi connectivity index (χ1) is 10.2. The third-order valence-corrected chi connectivity index (χ3v) is 5.16. The van der Waals surface area contributed by atoms with Gasteiger partial charge in [0, 0.05) is 38.5 Å². The molecule has 0 N–H and O–H groups in total. The van der Waals surface area contributed by atoms with Gasteiger partial charge in [0.1, 0.15) is 0 Å². The number of hydrogen-bond acceptors (Lipinski definition) is 2. The van der Waals surface area contributed by atoms with Crippen molar-refractivity contribution >= 4 is 11.8 Å². The van der Waals surface area contributed by atoms with Crippen LogP contribution in [-0.2, 0) is 9.59 Å². The van der Waals surface area contributed by atoms with Crippen molar-refractivity contribution in [3.05, 3.63) is 12.2 Å². The first-order valence-corrected chi connectivity index (χ1v) is 8.47. The number of carbonyl (C=O) groups excluding carboxylic acids is 2. The van der Waals surface area contributed by atoms with Crippen molar-refractivity contribution in [2.45, 2.75) is 44.9 Å². The maximum Gasteiger partial charge on any atom is 0.225 e. The topological polar surface area (TPSA) is 40.6 Å². The summed E-state index contributed by atoms with van der Waals surface area (Å²) in [5.74, 6) is 1.21. The number of rotatable bonds is 3. The van der Waals surface area contributed by atoms with Crippen LogP contribution in [-0.4, -0.2) is 47.8 Å². The van der Waals surface area contributed by atoms with Gasteiger partial charge in [0.2, 0.25) is 11.8 Å². The maximum absolute atomic E-state index is 12.4. The minimum absolute atomic E-state index is 0.151. The Morgan fingerprint density at radius 3 is 2.29 bits per heavy atom. The Bertz CT molecular complexity index is 419. The second-order valence-electron chi connectivity index (χ2n) is 6.66. The molecule has 4 heteroatoms. The number of carbonyl (C=O) groups is 2. The van der Waals surface area contributed by atoms with Gasteiger partial charge in [0.15, 0.2) is 0 Å². The Labute approximate surface area is 127 Å². The van der Waals surface area contributed by atoms with Gasteiger partial charge < -0.3 is 9.80 Å². The van der Waals surface area contributed by atoms with E-state index in [1.807, 2.05) is 9.80 Å². The predicted octanol–water partition coefficient (Wildman–Crippen LogP) is 2.20. The molecule has 0 bridgehead atoms. The average molecular weight is 290 g/mol. The summed E-state index contributed by atoms with van der Waals surface area (Å²) in [5, 5.41) is 0. The molecule has 2 aliphatic heterocycles. The SMILES string of the molecule is O=C(CC1C=CCC1)N1CCC(C(=O)N2CCCC2)CC1. The number of hydrogen-bond donors (Lipinski definition) is 0. The number of likely N-dealkylation sites (tertiary alicyclic amines) is 2. The Morgan fingerprint density at radius 1 is 0.952 bits per heavy atom. The van der Waals surface area contributed by atoms with E-state index in [0.717, 1.165) is 64.7 Å². The van der Waals surface area contributed by atoms with E-state index in [9.17, 15) is 9.59 Å². The Hall–Kier alpha value is -1.32. The van der Waals surface area contributed by atoms with E-state index in [2.05, 4.69) is 12.2 Å². The maximum atomic E-state index is 12.4. The van der Waals surface area contributed by atoms with Crippen LogP contribution in [0, 0.1) is 11.8 Å². The molecular formula is C17H26N2O2. The Morgan fingerprint density at radius 2 is 1.67 bits per heavy atom. The van der Waals surface area contributed by atoms with E-state index in [1.54, 1.807) is 0 Å². The molecule has 116 valence electrons. The van der Waals surface area contributed by atoms with Crippen LogP contribution >= 0.6 is 0 Å². The molecule has 0 spiro atoms. The van der Waals surface area contributed by atoms with Gasteiger partial charge in [-0.25, -0.2) is 0 Å². The monoisotopic (exact) mass is 290 g/mol. The molecule has 2 heterocycles. The first-order valence-electron chi connectivity index (χ1n) is 8.47. The summed E-state index contributed by atoms with van der Waals surface area (Å²) in [4.78, 5) is 28.6. The van der Waals surface area contributed by atoms with Crippen molar-refractivity contribution in [2.75, 3.05) is 26.2 Å². The molecule has 1 atom stereocenters. The molecule has 4 nitrogen and oxygen atoms in total. The van der Waals surface area contributed by atoms with Crippen molar-refractivity contribution in [3.8, 4) is 0 Å². The second-order valence-corrected chi connectivity index (χ2v) is 6.66. The summed E-state index contributed by atoms with van der Waals surface area (Å²) in [6.45, 7) is 3.40. The summed E-state index contributed by atoms with van der Waals surface area (Å²) in [7, 11) is 0. The van der Waals surface area contributed by atoms with Crippen LogP contribution in [0.2, 0.25) is 0 Å². The lowest BCUT2D eigenvalue weighted by molar-refractivity contribution is -0.140. The van der Waals surface area contributed by atoms with Gasteiger partial charge in [0.05, 0.1) is 0 Å². The van der Waals surface area contributed by atoms with Gasteiger partial charge in [-0.05, 0) is 44.4 Å². The standard InChI is InChI=1S/C17H26N2O2/c20-16(13-14-5-1-2-6-14)18-11-7-15(8-12-18)17(21)19-9-3-4-10-19/h1,5,14-15H,2-4,6-13H2. The summed E-state index contributed by atoms with van der Waals surface area (Å²) in [6, 6.07) is 0. The van der Waals surface area contributed by atoms with Gasteiger partial charge in [-0.2, -0.15) is 0 Å². The molecule has 2 saturated heterocycles. The smallest absolute Gasteiger partial charge is 0.225 e. The molecule has 21 heavy (non-hydrogen) atoms. The van der Waals surface area contributed by atoms with Gasteiger partial charge in [-0.3, -0.25) is 9.59 Å². The van der Waals surface area contributed by atoms with Crippen molar-refractivity contribution < 1.29 is 9.59 Å². The van der Waals surface area contributed by atoms with Gasteiger partial charge in [0.25, 0.3) is 0 Å². The van der Waals surface area contributed by atoms with Crippen molar-refractivity contribution in [1.29, 1.82) is 0 Å². The van der Waals surface area contributed by atoms with Crippen molar-refractivity contribution in [3.63, 3.8) is 0 Å². The lowest BCUT2D eigenvalue weighted by atomic mass is 9.94. The third kappa shape index (κ3) is 3.47. The molecule has 2 amide bonds. The summed E-state index contributed by atoms with van der Waals surface area (Å²) >= 11 is 0. The zero-order valence-corrected chi connectivity index (χ0v) is 12.8. The summed E-state index contributed by atoms with van der Waals surface area (Å²) in [6.07, 6.45) is 11.3. The molecule has 1 unspecified atom stereocenters.